The van der Waals surface area contributed by atoms with Gasteiger partial charge in [-0.25, -0.2) is 0 Å². The highest BCUT2D eigenvalue weighted by atomic mass is 79.9. The number of carbonyl (C=O) groups is 2. The normalized spacial score (nSPS) is 14.5. The van der Waals surface area contributed by atoms with Gasteiger partial charge in [0.1, 0.15) is 11.8 Å². The molecule has 1 atom stereocenters. The molecule has 0 spiro atoms. The van der Waals surface area contributed by atoms with Crippen molar-refractivity contribution in [3.63, 3.8) is 0 Å². The number of ether oxygens (including phenoxy) is 1. The fourth-order valence-electron chi connectivity index (χ4n) is 4.69. The third-order valence-corrected chi connectivity index (χ3v) is 7.39. The highest BCUT2D eigenvalue weighted by Gasteiger charge is 2.32. The molecule has 3 aromatic rings. The minimum Gasteiger partial charge on any atom is -0.484 e. The third-order valence-electron chi connectivity index (χ3n) is 6.64. The van der Waals surface area contributed by atoms with E-state index < -0.39 is 6.04 Å². The number of hydrogen-bond acceptors (Lipinski definition) is 3. The quantitative estimate of drug-likeness (QED) is 0.294. The molecule has 3 aromatic carbocycles. The van der Waals surface area contributed by atoms with Gasteiger partial charge in [-0.15, -0.1) is 0 Å². The second kappa shape index (κ2) is 13.6. The van der Waals surface area contributed by atoms with Crippen molar-refractivity contribution in [2.45, 2.75) is 57.2 Å². The first-order chi connectivity index (χ1) is 18.0. The van der Waals surface area contributed by atoms with E-state index in [0.29, 0.717) is 17.2 Å². The molecule has 0 bridgehead atoms. The van der Waals surface area contributed by atoms with E-state index in [-0.39, 0.29) is 31.0 Å². The molecule has 0 unspecified atom stereocenters. The number of nitrogens with zero attached hydrogens (tertiary/aromatic N) is 1. The van der Waals surface area contributed by atoms with Gasteiger partial charge in [0.2, 0.25) is 5.91 Å². The summed E-state index contributed by atoms with van der Waals surface area (Å²) in [5.41, 5.74) is 1.93. The molecule has 1 aliphatic rings. The average molecular weight is 584 g/mol. The van der Waals surface area contributed by atoms with Crippen LogP contribution in [0.1, 0.15) is 43.2 Å². The summed E-state index contributed by atoms with van der Waals surface area (Å²) >= 11 is 9.51. The average Bonchev–Trinajstić information content (AvgIpc) is 2.91. The van der Waals surface area contributed by atoms with Crippen LogP contribution in [0.25, 0.3) is 0 Å². The van der Waals surface area contributed by atoms with Gasteiger partial charge in [0, 0.05) is 28.5 Å². The molecular weight excluding hydrogens is 552 g/mol. The molecule has 0 radical (unpaired) electrons. The minimum absolute atomic E-state index is 0.120. The van der Waals surface area contributed by atoms with E-state index in [2.05, 4.69) is 21.2 Å². The summed E-state index contributed by atoms with van der Waals surface area (Å²) in [5.74, 6) is 0.173. The van der Waals surface area contributed by atoms with Crippen LogP contribution in [0, 0.1) is 0 Å². The smallest absolute Gasteiger partial charge is 0.261 e. The Bertz CT molecular complexity index is 1170. The molecule has 0 heterocycles. The molecular formula is C30H32BrClN2O3. The van der Waals surface area contributed by atoms with Crippen LogP contribution in [0.3, 0.4) is 0 Å². The van der Waals surface area contributed by atoms with Gasteiger partial charge in [0.25, 0.3) is 5.91 Å². The predicted molar refractivity (Wildman–Crippen MR) is 151 cm³/mol. The molecule has 0 aromatic heterocycles. The van der Waals surface area contributed by atoms with E-state index >= 15 is 0 Å². The Morgan fingerprint density at radius 1 is 0.946 bits per heavy atom. The highest BCUT2D eigenvalue weighted by molar-refractivity contribution is 9.10. The molecule has 5 nitrogen and oxygen atoms in total. The lowest BCUT2D eigenvalue weighted by Crippen LogP contribution is -2.53. The molecule has 1 fully saturated rings. The van der Waals surface area contributed by atoms with Crippen molar-refractivity contribution in [1.29, 1.82) is 0 Å². The van der Waals surface area contributed by atoms with Gasteiger partial charge >= 0.3 is 0 Å². The van der Waals surface area contributed by atoms with Crippen molar-refractivity contribution < 1.29 is 14.3 Å². The van der Waals surface area contributed by atoms with Crippen molar-refractivity contribution in [3.05, 3.63) is 99.5 Å². The Labute approximate surface area is 232 Å². The van der Waals surface area contributed by atoms with Crippen LogP contribution in [0.15, 0.2) is 83.3 Å². The number of hydrogen-bond donors (Lipinski definition) is 1. The lowest BCUT2D eigenvalue weighted by molar-refractivity contribution is -0.143. The van der Waals surface area contributed by atoms with Crippen LogP contribution >= 0.6 is 27.5 Å². The Morgan fingerprint density at radius 3 is 2.35 bits per heavy atom. The van der Waals surface area contributed by atoms with Gasteiger partial charge in [0.05, 0.1) is 0 Å². The zero-order valence-electron chi connectivity index (χ0n) is 20.7. The summed E-state index contributed by atoms with van der Waals surface area (Å²) in [6, 6.07) is 24.0. The molecule has 37 heavy (non-hydrogen) atoms. The van der Waals surface area contributed by atoms with E-state index in [1.54, 1.807) is 29.2 Å². The van der Waals surface area contributed by atoms with Gasteiger partial charge < -0.3 is 15.0 Å². The maximum absolute atomic E-state index is 13.8. The number of carbonyl (C=O) groups excluding carboxylic acids is 2. The first kappa shape index (κ1) is 27.2. The number of nitrogens with one attached hydrogen (secondary N) is 1. The minimum atomic E-state index is -0.676. The Hall–Kier alpha value is -2.83. The Balaban J connectivity index is 1.60. The zero-order valence-corrected chi connectivity index (χ0v) is 23.1. The standard InChI is InChI=1S/C30H32BrClN2O3/c31-24-11-7-10-23(18-24)20-34(29(35)21-37-27-16-14-25(32)15-17-27)28(19-22-8-3-1-4-9-22)30(36)33-26-12-5-2-6-13-26/h1,3-4,7-11,14-18,26,28H,2,5-6,12-13,19-21H2,(H,33,36)/t28-/m0/s1. The molecule has 7 heteroatoms. The van der Waals surface area contributed by atoms with E-state index in [1.807, 2.05) is 54.6 Å². The van der Waals surface area contributed by atoms with Crippen molar-refractivity contribution in [3.8, 4) is 5.75 Å². The summed E-state index contributed by atoms with van der Waals surface area (Å²) in [7, 11) is 0. The van der Waals surface area contributed by atoms with E-state index in [1.165, 1.54) is 6.42 Å². The maximum Gasteiger partial charge on any atom is 0.261 e. The fourth-order valence-corrected chi connectivity index (χ4v) is 5.26. The molecule has 1 N–H and O–H groups in total. The van der Waals surface area contributed by atoms with Gasteiger partial charge in [-0.1, -0.05) is 89.3 Å². The summed E-state index contributed by atoms with van der Waals surface area (Å²) in [6.45, 7) is 0.107. The molecule has 1 saturated carbocycles. The monoisotopic (exact) mass is 582 g/mol. The van der Waals surface area contributed by atoms with Crippen LogP contribution in [-0.4, -0.2) is 35.4 Å². The topological polar surface area (TPSA) is 58.6 Å². The molecule has 2 amide bonds. The van der Waals surface area contributed by atoms with Crippen molar-refractivity contribution in [2.75, 3.05) is 6.61 Å². The Kier molecular flexibility index (Phi) is 10.0. The molecule has 4 rings (SSSR count). The third kappa shape index (κ3) is 8.34. The predicted octanol–water partition coefficient (Wildman–Crippen LogP) is 6.57. The second-order valence-electron chi connectivity index (χ2n) is 9.44. The largest absolute Gasteiger partial charge is 0.484 e. The number of halogens is 2. The van der Waals surface area contributed by atoms with Crippen LogP contribution in [0.4, 0.5) is 0 Å². The summed E-state index contributed by atoms with van der Waals surface area (Å²) < 4.78 is 6.72. The van der Waals surface area contributed by atoms with E-state index in [9.17, 15) is 9.59 Å². The van der Waals surface area contributed by atoms with Crippen LogP contribution in [0.5, 0.6) is 5.75 Å². The molecule has 0 aliphatic heterocycles. The van der Waals surface area contributed by atoms with Crippen molar-refractivity contribution in [1.82, 2.24) is 10.2 Å². The van der Waals surface area contributed by atoms with Gasteiger partial charge in [0.15, 0.2) is 6.61 Å². The number of amides is 2. The number of benzene rings is 3. The van der Waals surface area contributed by atoms with Gasteiger partial charge in [-0.05, 0) is 60.4 Å². The number of rotatable bonds is 10. The van der Waals surface area contributed by atoms with Gasteiger partial charge in [-0.2, -0.15) is 0 Å². The van der Waals surface area contributed by atoms with Crippen LogP contribution < -0.4 is 10.1 Å². The lowest BCUT2D eigenvalue weighted by atomic mass is 9.94. The SMILES string of the molecule is O=C(NC1CCCCC1)[C@H](Cc1ccccc1)N(Cc1cccc(Br)c1)C(=O)COc1ccc(Cl)cc1. The molecule has 0 saturated heterocycles. The summed E-state index contributed by atoms with van der Waals surface area (Å²) in [6.07, 6.45) is 5.80. The highest BCUT2D eigenvalue weighted by Crippen LogP contribution is 2.21. The molecule has 194 valence electrons. The van der Waals surface area contributed by atoms with Gasteiger partial charge in [-0.3, -0.25) is 9.59 Å². The first-order valence-corrected chi connectivity index (χ1v) is 13.9. The fraction of sp³-hybridized carbons (Fsp3) is 0.333. The molecule has 1 aliphatic carbocycles. The first-order valence-electron chi connectivity index (χ1n) is 12.7. The van der Waals surface area contributed by atoms with E-state index in [0.717, 1.165) is 41.3 Å². The second-order valence-corrected chi connectivity index (χ2v) is 10.8. The summed E-state index contributed by atoms with van der Waals surface area (Å²) in [5, 5.41) is 3.85. The van der Waals surface area contributed by atoms with Crippen molar-refractivity contribution in [2.24, 2.45) is 0 Å². The Morgan fingerprint density at radius 2 is 1.65 bits per heavy atom. The maximum atomic E-state index is 13.8. The van der Waals surface area contributed by atoms with Crippen LogP contribution in [0.2, 0.25) is 5.02 Å². The van der Waals surface area contributed by atoms with Crippen LogP contribution in [-0.2, 0) is 22.6 Å². The lowest BCUT2D eigenvalue weighted by Gasteiger charge is -2.33. The van der Waals surface area contributed by atoms with E-state index in [4.69, 9.17) is 16.3 Å². The zero-order chi connectivity index (χ0) is 26.0. The summed E-state index contributed by atoms with van der Waals surface area (Å²) in [4.78, 5) is 29.1. The van der Waals surface area contributed by atoms with Crippen molar-refractivity contribution >= 4 is 39.3 Å².